The van der Waals surface area contributed by atoms with Gasteiger partial charge in [0.25, 0.3) is 0 Å². The number of hydrogen-bond acceptors (Lipinski definition) is 4. The Morgan fingerprint density at radius 1 is 1.19 bits per heavy atom. The molecule has 0 unspecified atom stereocenters. The van der Waals surface area contributed by atoms with Gasteiger partial charge in [0, 0.05) is 42.2 Å². The summed E-state index contributed by atoms with van der Waals surface area (Å²) in [5.74, 6) is -0.104. The summed E-state index contributed by atoms with van der Waals surface area (Å²) >= 11 is 0. The molecule has 1 aromatic rings. The summed E-state index contributed by atoms with van der Waals surface area (Å²) in [6.07, 6.45) is 1.36. The van der Waals surface area contributed by atoms with Gasteiger partial charge < -0.3 is 10.2 Å². The van der Waals surface area contributed by atoms with Crippen LogP contribution >= 0.6 is 0 Å². The van der Waals surface area contributed by atoms with Crippen molar-refractivity contribution in [1.82, 2.24) is 5.32 Å². The van der Waals surface area contributed by atoms with Gasteiger partial charge in [-0.1, -0.05) is 26.0 Å². The van der Waals surface area contributed by atoms with Crippen molar-refractivity contribution in [2.24, 2.45) is 5.41 Å². The highest BCUT2D eigenvalue weighted by Gasteiger charge is 2.41. The maximum atomic E-state index is 13.0. The first-order valence-corrected chi connectivity index (χ1v) is 9.80. The minimum atomic E-state index is -0.263. The van der Waals surface area contributed by atoms with Crippen molar-refractivity contribution in [2.45, 2.75) is 53.4 Å². The molecule has 0 bridgehead atoms. The Labute approximate surface area is 162 Å². The number of allylic oxidation sites excluding steroid dienone is 4. The van der Waals surface area contributed by atoms with E-state index in [4.69, 9.17) is 0 Å². The van der Waals surface area contributed by atoms with E-state index in [-0.39, 0.29) is 17.1 Å². The first-order chi connectivity index (χ1) is 12.8. The van der Waals surface area contributed by atoms with Crippen LogP contribution in [0.25, 0.3) is 0 Å². The van der Waals surface area contributed by atoms with Gasteiger partial charge in [0.05, 0.1) is 17.6 Å². The first-order valence-electron chi connectivity index (χ1n) is 9.80. The van der Waals surface area contributed by atoms with Crippen LogP contribution in [0.3, 0.4) is 0 Å². The summed E-state index contributed by atoms with van der Waals surface area (Å²) in [4.78, 5) is 15.3. The lowest BCUT2D eigenvalue weighted by atomic mass is 9.69. The average Bonchev–Trinajstić information content (AvgIpc) is 2.61. The Hall–Kier alpha value is -2.54. The molecule has 1 aliphatic heterocycles. The lowest BCUT2D eigenvalue weighted by Gasteiger charge is -2.38. The fraction of sp³-hybridized carbons (Fsp3) is 0.478. The lowest BCUT2D eigenvalue weighted by Crippen LogP contribution is -2.36. The molecule has 0 spiro atoms. The van der Waals surface area contributed by atoms with Crippen molar-refractivity contribution in [3.05, 3.63) is 52.4 Å². The zero-order valence-corrected chi connectivity index (χ0v) is 17.0. The number of benzene rings is 1. The Kier molecular flexibility index (Phi) is 5.15. The van der Waals surface area contributed by atoms with E-state index in [1.165, 1.54) is 5.69 Å². The topological polar surface area (TPSA) is 56.1 Å². The number of dihydropyridines is 1. The highest BCUT2D eigenvalue weighted by atomic mass is 16.1. The highest BCUT2D eigenvalue weighted by molar-refractivity contribution is 6.00. The van der Waals surface area contributed by atoms with E-state index >= 15 is 0 Å². The molecule has 0 saturated carbocycles. The van der Waals surface area contributed by atoms with Crippen LogP contribution < -0.4 is 10.2 Å². The van der Waals surface area contributed by atoms with Gasteiger partial charge in [0.2, 0.25) is 0 Å². The van der Waals surface area contributed by atoms with E-state index in [1.54, 1.807) is 0 Å². The van der Waals surface area contributed by atoms with Gasteiger partial charge in [-0.05, 0) is 50.3 Å². The van der Waals surface area contributed by atoms with Crippen LogP contribution in [0.1, 0.15) is 58.9 Å². The third kappa shape index (κ3) is 3.51. The normalized spacial score (nSPS) is 21.5. The number of nitrogens with one attached hydrogen (secondary N) is 1. The number of Topliss-reactive ketones (excluding diaryl/α,β-unsaturated/α-hetero) is 1. The molecule has 3 rings (SSSR count). The van der Waals surface area contributed by atoms with Gasteiger partial charge in [-0.3, -0.25) is 4.79 Å². The number of carbonyl (C=O) groups is 1. The zero-order chi connectivity index (χ0) is 19.8. The van der Waals surface area contributed by atoms with E-state index in [2.05, 4.69) is 68.2 Å². The number of rotatable bonds is 4. The highest BCUT2D eigenvalue weighted by Crippen LogP contribution is 2.46. The molecule has 1 aromatic carbocycles. The Morgan fingerprint density at radius 3 is 2.37 bits per heavy atom. The average molecular weight is 364 g/mol. The van der Waals surface area contributed by atoms with Crippen molar-refractivity contribution in [2.75, 3.05) is 18.0 Å². The summed E-state index contributed by atoms with van der Waals surface area (Å²) in [6.45, 7) is 12.4. The largest absolute Gasteiger partial charge is 0.372 e. The van der Waals surface area contributed by atoms with Crippen LogP contribution in [-0.2, 0) is 4.79 Å². The molecule has 1 atom stereocenters. The molecule has 1 N–H and O–H groups in total. The molecule has 4 nitrogen and oxygen atoms in total. The van der Waals surface area contributed by atoms with E-state index in [9.17, 15) is 10.1 Å². The molecule has 4 heteroatoms. The van der Waals surface area contributed by atoms with Crippen LogP contribution in [0.5, 0.6) is 0 Å². The van der Waals surface area contributed by atoms with Gasteiger partial charge in [-0.25, -0.2) is 0 Å². The molecule has 1 heterocycles. The van der Waals surface area contributed by atoms with Crippen LogP contribution in [0.4, 0.5) is 5.69 Å². The lowest BCUT2D eigenvalue weighted by molar-refractivity contribution is -0.118. The number of nitrogens with zero attached hydrogens (tertiary/aromatic N) is 2. The smallest absolute Gasteiger partial charge is 0.162 e. The van der Waals surface area contributed by atoms with E-state index in [0.717, 1.165) is 42.0 Å². The number of hydrogen-bond donors (Lipinski definition) is 1. The summed E-state index contributed by atoms with van der Waals surface area (Å²) in [5.41, 5.74) is 5.42. The molecule has 0 fully saturated rings. The summed E-state index contributed by atoms with van der Waals surface area (Å²) in [7, 11) is 0. The molecule has 0 radical (unpaired) electrons. The minimum absolute atomic E-state index is 0.0511. The summed E-state index contributed by atoms with van der Waals surface area (Å²) in [5, 5.41) is 13.2. The maximum Gasteiger partial charge on any atom is 0.162 e. The van der Waals surface area contributed by atoms with E-state index in [0.29, 0.717) is 12.0 Å². The summed E-state index contributed by atoms with van der Waals surface area (Å²) in [6, 6.07) is 10.7. The quantitative estimate of drug-likeness (QED) is 0.845. The van der Waals surface area contributed by atoms with Gasteiger partial charge in [0.1, 0.15) is 0 Å². The second kappa shape index (κ2) is 7.23. The summed E-state index contributed by atoms with van der Waals surface area (Å²) < 4.78 is 0. The predicted molar refractivity (Wildman–Crippen MR) is 109 cm³/mol. The molecule has 27 heavy (non-hydrogen) atoms. The molecule has 0 aromatic heterocycles. The molecular weight excluding hydrogens is 334 g/mol. The maximum absolute atomic E-state index is 13.0. The molecule has 1 aliphatic carbocycles. The third-order valence-corrected chi connectivity index (χ3v) is 5.72. The van der Waals surface area contributed by atoms with Gasteiger partial charge in [0.15, 0.2) is 5.78 Å². The Morgan fingerprint density at radius 2 is 1.81 bits per heavy atom. The Balaban J connectivity index is 2.07. The standard InChI is InChI=1S/C23H29N3O/c1-6-26(7-2)17-10-8-16(9-11-17)21-18(14-24)15(3)25-19-12-23(4,5)13-20(27)22(19)21/h8-11,21,25H,6-7,12-13H2,1-5H3/t21-/m1/s1. The van der Waals surface area contributed by atoms with Crippen molar-refractivity contribution in [3.8, 4) is 6.07 Å². The molecular formula is C23H29N3O. The van der Waals surface area contributed by atoms with Crippen molar-refractivity contribution >= 4 is 11.5 Å². The third-order valence-electron chi connectivity index (χ3n) is 5.72. The fourth-order valence-electron chi connectivity index (χ4n) is 4.38. The monoisotopic (exact) mass is 363 g/mol. The first kappa shape index (κ1) is 19.2. The van der Waals surface area contributed by atoms with Gasteiger partial charge >= 0.3 is 0 Å². The number of nitriles is 1. The van der Waals surface area contributed by atoms with E-state index < -0.39 is 0 Å². The fourth-order valence-corrected chi connectivity index (χ4v) is 4.38. The molecule has 0 saturated heterocycles. The Bertz CT molecular complexity index is 849. The van der Waals surface area contributed by atoms with Crippen LogP contribution in [0.2, 0.25) is 0 Å². The predicted octanol–water partition coefficient (Wildman–Crippen LogP) is 4.66. The number of anilines is 1. The van der Waals surface area contributed by atoms with Crippen molar-refractivity contribution in [3.63, 3.8) is 0 Å². The second-order valence-corrected chi connectivity index (χ2v) is 8.31. The van der Waals surface area contributed by atoms with Gasteiger partial charge in [-0.2, -0.15) is 5.26 Å². The number of ketones is 1. The molecule has 142 valence electrons. The SMILES string of the molecule is CCN(CC)c1ccc([C@@H]2C(C#N)=C(C)NC3=C2C(=O)CC(C)(C)C3)cc1. The molecule has 2 aliphatic rings. The van der Waals surface area contributed by atoms with Crippen LogP contribution in [0.15, 0.2) is 46.8 Å². The van der Waals surface area contributed by atoms with Crippen molar-refractivity contribution < 1.29 is 4.79 Å². The second-order valence-electron chi connectivity index (χ2n) is 8.31. The van der Waals surface area contributed by atoms with Gasteiger partial charge in [-0.15, -0.1) is 0 Å². The van der Waals surface area contributed by atoms with Crippen LogP contribution in [-0.4, -0.2) is 18.9 Å². The minimum Gasteiger partial charge on any atom is -0.372 e. The molecule has 0 amide bonds. The zero-order valence-electron chi connectivity index (χ0n) is 17.0. The van der Waals surface area contributed by atoms with E-state index in [1.807, 2.05) is 6.92 Å². The van der Waals surface area contributed by atoms with Crippen LogP contribution in [0, 0.1) is 16.7 Å². The number of carbonyl (C=O) groups excluding carboxylic acids is 1. The van der Waals surface area contributed by atoms with Crippen molar-refractivity contribution in [1.29, 1.82) is 5.26 Å².